The molecule has 1 saturated carbocycles. The fourth-order valence-electron chi connectivity index (χ4n) is 2.46. The highest BCUT2D eigenvalue weighted by atomic mass is 35.5. The highest BCUT2D eigenvalue weighted by Crippen LogP contribution is 2.43. The molecule has 0 radical (unpaired) electrons. The van der Waals surface area contributed by atoms with Crippen molar-refractivity contribution < 1.29 is 18.0 Å². The van der Waals surface area contributed by atoms with Crippen molar-refractivity contribution in [3.63, 3.8) is 0 Å². The molecule has 1 aliphatic rings. The lowest BCUT2D eigenvalue weighted by Gasteiger charge is -2.40. The number of anilines is 1. The van der Waals surface area contributed by atoms with Crippen LogP contribution in [0.15, 0.2) is 18.2 Å². The molecule has 1 fully saturated rings. The first-order valence-corrected chi connectivity index (χ1v) is 7.00. The van der Waals surface area contributed by atoms with Gasteiger partial charge in [-0.25, -0.2) is 0 Å². The van der Waals surface area contributed by atoms with Crippen molar-refractivity contribution >= 4 is 23.2 Å². The van der Waals surface area contributed by atoms with Crippen LogP contribution in [0.5, 0.6) is 0 Å². The standard InChI is InChI=1S/C14H16ClF3N2O/c15-10-3-2-9(14(16,17)18)6-11(10)20-12(21)7-13(8-19)4-1-5-13/h2-3,6H,1,4-5,7-8,19H2,(H,20,21). The number of carbonyl (C=O) groups excluding carboxylic acids is 1. The van der Waals surface area contributed by atoms with E-state index in [2.05, 4.69) is 5.32 Å². The lowest BCUT2D eigenvalue weighted by atomic mass is 9.66. The lowest BCUT2D eigenvalue weighted by Crippen LogP contribution is -2.40. The first-order chi connectivity index (χ1) is 9.76. The largest absolute Gasteiger partial charge is 0.416 e. The van der Waals surface area contributed by atoms with E-state index < -0.39 is 11.7 Å². The maximum Gasteiger partial charge on any atom is 0.416 e. The number of nitrogens with two attached hydrogens (primary N) is 1. The Labute approximate surface area is 125 Å². The maximum absolute atomic E-state index is 12.7. The second-order valence-corrected chi connectivity index (χ2v) is 5.88. The smallest absolute Gasteiger partial charge is 0.330 e. The van der Waals surface area contributed by atoms with Crippen LogP contribution in [-0.4, -0.2) is 12.5 Å². The molecule has 0 spiro atoms. The third kappa shape index (κ3) is 3.68. The van der Waals surface area contributed by atoms with Gasteiger partial charge in [-0.3, -0.25) is 4.79 Å². The van der Waals surface area contributed by atoms with Crippen LogP contribution in [0.4, 0.5) is 18.9 Å². The molecule has 0 atom stereocenters. The van der Waals surface area contributed by atoms with Gasteiger partial charge in [0.25, 0.3) is 0 Å². The van der Waals surface area contributed by atoms with E-state index >= 15 is 0 Å². The minimum atomic E-state index is -4.48. The fraction of sp³-hybridized carbons (Fsp3) is 0.500. The number of hydrogen-bond acceptors (Lipinski definition) is 2. The summed E-state index contributed by atoms with van der Waals surface area (Å²) in [6.45, 7) is 0.400. The molecule has 0 bridgehead atoms. The molecular weight excluding hydrogens is 305 g/mol. The molecule has 21 heavy (non-hydrogen) atoms. The zero-order chi connectivity index (χ0) is 15.7. The molecule has 3 N–H and O–H groups in total. The molecule has 0 saturated heterocycles. The lowest BCUT2D eigenvalue weighted by molar-refractivity contribution is -0.137. The summed E-state index contributed by atoms with van der Waals surface area (Å²) in [5.41, 5.74) is 4.58. The molecule has 1 aromatic carbocycles. The quantitative estimate of drug-likeness (QED) is 0.886. The SMILES string of the molecule is NCC1(CC(=O)Nc2cc(C(F)(F)F)ccc2Cl)CCC1. The molecule has 0 aliphatic heterocycles. The van der Waals surface area contributed by atoms with Gasteiger partial charge in [-0.05, 0) is 43.0 Å². The number of alkyl halides is 3. The molecule has 1 aliphatic carbocycles. The summed E-state index contributed by atoms with van der Waals surface area (Å²) in [5.74, 6) is -0.360. The summed E-state index contributed by atoms with van der Waals surface area (Å²) in [5, 5.41) is 2.53. The Hall–Kier alpha value is -1.27. The van der Waals surface area contributed by atoms with Crippen LogP contribution in [0.3, 0.4) is 0 Å². The molecule has 116 valence electrons. The third-order valence-corrected chi connectivity index (χ3v) is 4.28. The van der Waals surface area contributed by atoms with Gasteiger partial charge in [0.05, 0.1) is 16.3 Å². The zero-order valence-electron chi connectivity index (χ0n) is 11.3. The number of rotatable bonds is 4. The first kappa shape index (κ1) is 16.1. The van der Waals surface area contributed by atoms with E-state index in [0.29, 0.717) is 6.54 Å². The van der Waals surface area contributed by atoms with Crippen molar-refractivity contribution in [1.29, 1.82) is 0 Å². The van der Waals surface area contributed by atoms with Crippen molar-refractivity contribution in [2.45, 2.75) is 31.9 Å². The number of halogens is 4. The van der Waals surface area contributed by atoms with Crippen LogP contribution in [0, 0.1) is 5.41 Å². The summed E-state index contributed by atoms with van der Waals surface area (Å²) in [7, 11) is 0. The van der Waals surface area contributed by atoms with Crippen LogP contribution >= 0.6 is 11.6 Å². The van der Waals surface area contributed by atoms with E-state index in [9.17, 15) is 18.0 Å². The second-order valence-electron chi connectivity index (χ2n) is 5.48. The number of carbonyl (C=O) groups is 1. The minimum Gasteiger partial charge on any atom is -0.330 e. The zero-order valence-corrected chi connectivity index (χ0v) is 12.0. The Bertz CT molecular complexity index is 536. The van der Waals surface area contributed by atoms with Crippen molar-refractivity contribution in [3.8, 4) is 0 Å². The average molecular weight is 321 g/mol. The molecule has 0 unspecified atom stereocenters. The predicted molar refractivity (Wildman–Crippen MR) is 75.0 cm³/mol. The van der Waals surface area contributed by atoms with E-state index in [-0.39, 0.29) is 28.5 Å². The fourth-order valence-corrected chi connectivity index (χ4v) is 2.63. The van der Waals surface area contributed by atoms with Gasteiger partial charge in [0.15, 0.2) is 0 Å². The molecule has 3 nitrogen and oxygen atoms in total. The normalized spacial score (nSPS) is 17.2. The van der Waals surface area contributed by atoms with Crippen molar-refractivity contribution in [2.75, 3.05) is 11.9 Å². The van der Waals surface area contributed by atoms with Gasteiger partial charge in [-0.1, -0.05) is 18.0 Å². The van der Waals surface area contributed by atoms with Crippen molar-refractivity contribution in [3.05, 3.63) is 28.8 Å². The summed E-state index contributed by atoms with van der Waals surface area (Å²) in [6, 6.07) is 2.85. The van der Waals surface area contributed by atoms with E-state index in [0.717, 1.165) is 37.5 Å². The van der Waals surface area contributed by atoms with Crippen LogP contribution in [0.2, 0.25) is 5.02 Å². The Morgan fingerprint density at radius 3 is 2.52 bits per heavy atom. The van der Waals surface area contributed by atoms with E-state index in [4.69, 9.17) is 17.3 Å². The number of hydrogen-bond donors (Lipinski definition) is 2. The van der Waals surface area contributed by atoms with E-state index in [1.807, 2.05) is 0 Å². The first-order valence-electron chi connectivity index (χ1n) is 6.62. The van der Waals surface area contributed by atoms with Gasteiger partial charge in [0, 0.05) is 6.42 Å². The monoisotopic (exact) mass is 320 g/mol. The van der Waals surface area contributed by atoms with Gasteiger partial charge in [-0.2, -0.15) is 13.2 Å². The second kappa shape index (κ2) is 5.85. The van der Waals surface area contributed by atoms with E-state index in [1.54, 1.807) is 0 Å². The molecule has 0 aromatic heterocycles. The van der Waals surface area contributed by atoms with E-state index in [1.165, 1.54) is 0 Å². The summed E-state index contributed by atoms with van der Waals surface area (Å²) < 4.78 is 38.0. The Kier molecular flexibility index (Phi) is 4.49. The van der Waals surface area contributed by atoms with Crippen LogP contribution in [0.1, 0.15) is 31.2 Å². The Balaban J connectivity index is 2.10. The molecule has 2 rings (SSSR count). The summed E-state index contributed by atoms with van der Waals surface area (Å²) >= 11 is 5.84. The van der Waals surface area contributed by atoms with Gasteiger partial charge in [-0.15, -0.1) is 0 Å². The van der Waals surface area contributed by atoms with Gasteiger partial charge >= 0.3 is 6.18 Å². The van der Waals surface area contributed by atoms with Crippen LogP contribution < -0.4 is 11.1 Å². The summed E-state index contributed by atoms with van der Waals surface area (Å²) in [6.07, 6.45) is -1.51. The highest BCUT2D eigenvalue weighted by molar-refractivity contribution is 6.33. The molecular formula is C14H16ClF3N2O. The van der Waals surface area contributed by atoms with Crippen molar-refractivity contribution in [2.24, 2.45) is 11.1 Å². The van der Waals surface area contributed by atoms with Gasteiger partial charge in [0.1, 0.15) is 0 Å². The Morgan fingerprint density at radius 1 is 1.38 bits per heavy atom. The van der Waals surface area contributed by atoms with Gasteiger partial charge in [0.2, 0.25) is 5.91 Å². The highest BCUT2D eigenvalue weighted by Gasteiger charge is 2.37. The molecule has 1 amide bonds. The molecule has 0 heterocycles. The van der Waals surface area contributed by atoms with Crippen LogP contribution in [0.25, 0.3) is 0 Å². The maximum atomic E-state index is 12.7. The van der Waals surface area contributed by atoms with Crippen molar-refractivity contribution in [1.82, 2.24) is 0 Å². The van der Waals surface area contributed by atoms with Gasteiger partial charge < -0.3 is 11.1 Å². The molecule has 7 heteroatoms. The minimum absolute atomic E-state index is 0.0250. The average Bonchev–Trinajstić information content (AvgIpc) is 2.35. The number of nitrogens with one attached hydrogen (secondary N) is 1. The third-order valence-electron chi connectivity index (χ3n) is 3.95. The topological polar surface area (TPSA) is 55.1 Å². The van der Waals surface area contributed by atoms with Crippen LogP contribution in [-0.2, 0) is 11.0 Å². The Morgan fingerprint density at radius 2 is 2.05 bits per heavy atom. The molecule has 1 aromatic rings. The predicted octanol–water partition coefficient (Wildman–Crippen LogP) is 3.82. The summed E-state index contributed by atoms with van der Waals surface area (Å²) in [4.78, 5) is 12.0. The number of amides is 1. The number of benzene rings is 1.